The molecule has 1 aromatic carbocycles. The Morgan fingerprint density at radius 3 is 2.44 bits per heavy atom. The number of hydrogen-bond donors (Lipinski definition) is 2. The maximum atomic E-state index is 13.1. The molecule has 2 saturated carbocycles. The summed E-state index contributed by atoms with van der Waals surface area (Å²) in [6.07, 6.45) is 5.28. The van der Waals surface area contributed by atoms with Gasteiger partial charge in [0.05, 0.1) is 12.6 Å². The van der Waals surface area contributed by atoms with Crippen molar-refractivity contribution < 1.29 is 13.9 Å². The van der Waals surface area contributed by atoms with Gasteiger partial charge in [0.1, 0.15) is 5.82 Å². The summed E-state index contributed by atoms with van der Waals surface area (Å²) in [5.41, 5.74) is 7.17. The van der Waals surface area contributed by atoms with E-state index in [-0.39, 0.29) is 42.1 Å². The van der Waals surface area contributed by atoms with Gasteiger partial charge < -0.3 is 15.8 Å². The number of ether oxygens (including phenoxy) is 1. The highest BCUT2D eigenvalue weighted by molar-refractivity contribution is 5.85. The van der Waals surface area contributed by atoms with E-state index in [0.29, 0.717) is 18.4 Å². The van der Waals surface area contributed by atoms with Crippen LogP contribution in [0.25, 0.3) is 0 Å². The number of halogens is 2. The van der Waals surface area contributed by atoms with Gasteiger partial charge in [0.25, 0.3) is 0 Å². The van der Waals surface area contributed by atoms with Crippen LogP contribution in [0.4, 0.5) is 4.39 Å². The molecule has 2 fully saturated rings. The van der Waals surface area contributed by atoms with Crippen LogP contribution >= 0.6 is 12.4 Å². The van der Waals surface area contributed by atoms with Crippen LogP contribution < -0.4 is 11.1 Å². The third-order valence-corrected chi connectivity index (χ3v) is 5.71. The number of nitrogens with one attached hydrogen (secondary N) is 1. The first-order valence-electron chi connectivity index (χ1n) is 8.89. The second-order valence-corrected chi connectivity index (χ2v) is 7.26. The van der Waals surface area contributed by atoms with E-state index in [1.54, 1.807) is 19.2 Å². The van der Waals surface area contributed by atoms with Gasteiger partial charge in [-0.3, -0.25) is 4.79 Å². The fourth-order valence-electron chi connectivity index (χ4n) is 4.38. The van der Waals surface area contributed by atoms with Gasteiger partial charge in [-0.1, -0.05) is 18.6 Å². The summed E-state index contributed by atoms with van der Waals surface area (Å²) in [7, 11) is 1.60. The fourth-order valence-corrected chi connectivity index (χ4v) is 4.38. The Bertz CT molecular complexity index is 555. The van der Waals surface area contributed by atoms with Crippen LogP contribution in [0, 0.1) is 23.6 Å². The molecule has 0 heterocycles. The predicted molar refractivity (Wildman–Crippen MR) is 97.9 cm³/mol. The number of amides is 1. The van der Waals surface area contributed by atoms with Crippen molar-refractivity contribution in [1.82, 2.24) is 5.32 Å². The van der Waals surface area contributed by atoms with Crippen molar-refractivity contribution in [2.75, 3.05) is 13.7 Å². The second-order valence-electron chi connectivity index (χ2n) is 7.26. The first-order valence-corrected chi connectivity index (χ1v) is 8.89. The van der Waals surface area contributed by atoms with Gasteiger partial charge in [-0.25, -0.2) is 4.39 Å². The molecule has 140 valence electrons. The van der Waals surface area contributed by atoms with Crippen LogP contribution in [0.15, 0.2) is 24.3 Å². The van der Waals surface area contributed by atoms with Crippen molar-refractivity contribution in [1.29, 1.82) is 0 Å². The number of nitrogens with two attached hydrogens (primary N) is 1. The first kappa shape index (κ1) is 20.1. The van der Waals surface area contributed by atoms with E-state index < -0.39 is 0 Å². The SMILES string of the molecule is COCC(NC(=O)C1CC2CCCC(C1)C2N)c1ccc(F)cc1.Cl. The molecule has 0 aliphatic heterocycles. The average Bonchev–Trinajstić information content (AvgIpc) is 2.55. The molecule has 0 radical (unpaired) electrons. The smallest absolute Gasteiger partial charge is 0.223 e. The molecule has 3 unspecified atom stereocenters. The Morgan fingerprint density at radius 1 is 1.28 bits per heavy atom. The van der Waals surface area contributed by atoms with E-state index >= 15 is 0 Å². The normalized spacial score (nSPS) is 29.4. The molecule has 3 rings (SSSR count). The monoisotopic (exact) mass is 370 g/mol. The molecule has 3 N–H and O–H groups in total. The minimum Gasteiger partial charge on any atom is -0.382 e. The lowest BCUT2D eigenvalue weighted by Crippen LogP contribution is -2.49. The third-order valence-electron chi connectivity index (χ3n) is 5.71. The van der Waals surface area contributed by atoms with Crippen molar-refractivity contribution >= 4 is 18.3 Å². The minimum absolute atomic E-state index is 0. The summed E-state index contributed by atoms with van der Waals surface area (Å²) in [4.78, 5) is 12.8. The van der Waals surface area contributed by atoms with Gasteiger partial charge in [0.2, 0.25) is 5.91 Å². The third kappa shape index (κ3) is 4.72. The number of hydrogen-bond acceptors (Lipinski definition) is 3. The topological polar surface area (TPSA) is 64.3 Å². The lowest BCUT2D eigenvalue weighted by atomic mass is 9.65. The van der Waals surface area contributed by atoms with E-state index in [0.717, 1.165) is 31.2 Å². The highest BCUT2D eigenvalue weighted by Gasteiger charge is 2.40. The van der Waals surface area contributed by atoms with Crippen molar-refractivity contribution in [3.8, 4) is 0 Å². The van der Waals surface area contributed by atoms with Crippen LogP contribution in [0.2, 0.25) is 0 Å². The number of carbonyl (C=O) groups is 1. The molecule has 0 saturated heterocycles. The van der Waals surface area contributed by atoms with E-state index in [4.69, 9.17) is 10.5 Å². The van der Waals surface area contributed by atoms with E-state index in [1.807, 2.05) is 0 Å². The van der Waals surface area contributed by atoms with Gasteiger partial charge in [-0.05, 0) is 55.2 Å². The highest BCUT2D eigenvalue weighted by atomic mass is 35.5. The van der Waals surface area contributed by atoms with Crippen molar-refractivity contribution in [2.24, 2.45) is 23.5 Å². The molecule has 3 atom stereocenters. The molecule has 0 aromatic heterocycles. The standard InChI is InChI=1S/C19H27FN2O2.ClH/c1-24-11-17(12-5-7-16(20)8-6-12)22-19(23)15-9-13-3-2-4-14(10-15)18(13)21;/h5-8,13-15,17-18H,2-4,9-11,21H2,1H3,(H,22,23);1H. The molecule has 6 heteroatoms. The molecule has 4 nitrogen and oxygen atoms in total. The second kappa shape index (κ2) is 8.97. The summed E-state index contributed by atoms with van der Waals surface area (Å²) in [5, 5.41) is 3.10. The zero-order valence-corrected chi connectivity index (χ0v) is 15.4. The molecule has 1 aromatic rings. The lowest BCUT2D eigenvalue weighted by molar-refractivity contribution is -0.129. The van der Waals surface area contributed by atoms with Crippen LogP contribution in [0.3, 0.4) is 0 Å². The summed E-state index contributed by atoms with van der Waals surface area (Å²) < 4.78 is 18.4. The Balaban J connectivity index is 0.00000225. The first-order chi connectivity index (χ1) is 11.6. The van der Waals surface area contributed by atoms with E-state index in [1.165, 1.54) is 18.6 Å². The Morgan fingerprint density at radius 2 is 1.88 bits per heavy atom. The minimum atomic E-state index is -0.282. The molecule has 2 aliphatic rings. The summed E-state index contributed by atoms with van der Waals surface area (Å²) >= 11 is 0. The average molecular weight is 371 g/mol. The van der Waals surface area contributed by atoms with Gasteiger partial charge in [0, 0.05) is 19.1 Å². The maximum absolute atomic E-state index is 13.1. The molecular formula is C19H28ClFN2O2. The van der Waals surface area contributed by atoms with Crippen LogP contribution in [-0.4, -0.2) is 25.7 Å². The quantitative estimate of drug-likeness (QED) is 0.836. The maximum Gasteiger partial charge on any atom is 0.223 e. The molecular weight excluding hydrogens is 343 g/mol. The lowest BCUT2D eigenvalue weighted by Gasteiger charge is -2.43. The summed E-state index contributed by atoms with van der Waals surface area (Å²) in [6.45, 7) is 0.371. The number of fused-ring (bicyclic) bond motifs is 2. The summed E-state index contributed by atoms with van der Waals surface area (Å²) in [5.74, 6) is 0.764. The Hall–Kier alpha value is -1.17. The van der Waals surface area contributed by atoms with Crippen molar-refractivity contribution in [3.63, 3.8) is 0 Å². The Labute approximate surface area is 155 Å². The van der Waals surface area contributed by atoms with Crippen molar-refractivity contribution in [2.45, 2.75) is 44.2 Å². The van der Waals surface area contributed by atoms with Crippen molar-refractivity contribution in [3.05, 3.63) is 35.6 Å². The molecule has 0 spiro atoms. The zero-order chi connectivity index (χ0) is 17.1. The van der Waals surface area contributed by atoms with E-state index in [2.05, 4.69) is 5.32 Å². The Kier molecular flexibility index (Phi) is 7.23. The number of carbonyl (C=O) groups excluding carboxylic acids is 1. The van der Waals surface area contributed by atoms with Crippen LogP contribution in [0.1, 0.15) is 43.7 Å². The van der Waals surface area contributed by atoms with Crippen LogP contribution in [0.5, 0.6) is 0 Å². The molecule has 1 amide bonds. The fraction of sp³-hybridized carbons (Fsp3) is 0.632. The zero-order valence-electron chi connectivity index (χ0n) is 14.6. The highest BCUT2D eigenvalue weighted by Crippen LogP contribution is 2.42. The van der Waals surface area contributed by atoms with Gasteiger partial charge in [-0.2, -0.15) is 0 Å². The predicted octanol–water partition coefficient (Wildman–Crippen LogP) is 3.20. The molecule has 2 aliphatic carbocycles. The number of methoxy groups -OCH3 is 1. The van der Waals surface area contributed by atoms with E-state index in [9.17, 15) is 9.18 Å². The van der Waals surface area contributed by atoms with Gasteiger partial charge >= 0.3 is 0 Å². The molecule has 2 bridgehead atoms. The van der Waals surface area contributed by atoms with Crippen LogP contribution in [-0.2, 0) is 9.53 Å². The number of benzene rings is 1. The summed E-state index contributed by atoms with van der Waals surface area (Å²) in [6, 6.07) is 6.23. The van der Waals surface area contributed by atoms with Gasteiger partial charge in [-0.15, -0.1) is 12.4 Å². The van der Waals surface area contributed by atoms with Gasteiger partial charge in [0.15, 0.2) is 0 Å². The number of rotatable bonds is 5. The largest absolute Gasteiger partial charge is 0.382 e. The molecule has 25 heavy (non-hydrogen) atoms.